The molecule has 1 saturated heterocycles. The molecule has 3 aromatic rings. The van der Waals surface area contributed by atoms with Crippen LogP contribution in [0.4, 0.5) is 10.5 Å². The van der Waals surface area contributed by atoms with Gasteiger partial charge in [0.05, 0.1) is 27.8 Å². The lowest BCUT2D eigenvalue weighted by molar-refractivity contribution is -0.122. The highest BCUT2D eigenvalue weighted by Gasteiger charge is 2.38. The first-order valence-corrected chi connectivity index (χ1v) is 13.4. The van der Waals surface area contributed by atoms with Gasteiger partial charge in [-0.05, 0) is 87.2 Å². The van der Waals surface area contributed by atoms with Crippen molar-refractivity contribution in [3.8, 4) is 17.2 Å². The molecule has 0 bridgehead atoms. The van der Waals surface area contributed by atoms with Crippen molar-refractivity contribution in [1.82, 2.24) is 5.32 Å². The van der Waals surface area contributed by atoms with Gasteiger partial charge in [-0.2, -0.15) is 0 Å². The maximum atomic E-state index is 13.5. The van der Waals surface area contributed by atoms with Gasteiger partial charge in [-0.1, -0.05) is 30.3 Å². The van der Waals surface area contributed by atoms with Gasteiger partial charge in [0.2, 0.25) is 0 Å². The number of nitrogens with one attached hydrogen (secondary N) is 1. The predicted molar refractivity (Wildman–Crippen MR) is 150 cm³/mol. The number of carbonyl (C=O) groups excluding carboxylic acids is 3. The van der Waals surface area contributed by atoms with Gasteiger partial charge < -0.3 is 14.2 Å². The maximum absolute atomic E-state index is 13.5. The van der Waals surface area contributed by atoms with E-state index < -0.39 is 17.8 Å². The quantitative estimate of drug-likeness (QED) is 0.219. The Kier molecular flexibility index (Phi) is 8.85. The van der Waals surface area contributed by atoms with Crippen LogP contribution in [-0.4, -0.2) is 31.1 Å². The number of hydrogen-bond donors (Lipinski definition) is 1. The number of rotatable bonds is 9. The number of hydrogen-bond acceptors (Lipinski definition) is 6. The molecular weight excluding hydrogens is 620 g/mol. The first-order valence-electron chi connectivity index (χ1n) is 11.8. The molecule has 0 aromatic heterocycles. The van der Waals surface area contributed by atoms with Crippen LogP contribution < -0.4 is 24.4 Å². The summed E-state index contributed by atoms with van der Waals surface area (Å²) in [5, 5.41) is 2.24. The third-order valence-electron chi connectivity index (χ3n) is 5.44. The third-order valence-corrected chi connectivity index (χ3v) is 6.62. The molecule has 1 heterocycles. The van der Waals surface area contributed by atoms with Gasteiger partial charge in [-0.15, -0.1) is 0 Å². The molecule has 0 radical (unpaired) electrons. The minimum Gasteiger partial charge on any atom is -0.494 e. The second-order valence-corrected chi connectivity index (χ2v) is 9.75. The number of imide groups is 2. The van der Waals surface area contributed by atoms with Crippen molar-refractivity contribution in [2.24, 2.45) is 0 Å². The Labute approximate surface area is 236 Å². The van der Waals surface area contributed by atoms with Crippen molar-refractivity contribution in [3.05, 3.63) is 86.3 Å². The van der Waals surface area contributed by atoms with Crippen LogP contribution in [0.2, 0.25) is 0 Å². The number of benzene rings is 3. The third kappa shape index (κ3) is 6.08. The number of anilines is 1. The van der Waals surface area contributed by atoms with Gasteiger partial charge in [0, 0.05) is 6.07 Å². The van der Waals surface area contributed by atoms with Crippen LogP contribution in [0.15, 0.2) is 75.2 Å². The SMILES string of the molecule is CCOc1ccc(OCC)c(N2C(=O)NC(=O)/C(=C\c3cc(Br)c(OCc4ccccc4)c(Br)c3)C2=O)c1. The van der Waals surface area contributed by atoms with Gasteiger partial charge in [0.1, 0.15) is 29.4 Å². The van der Waals surface area contributed by atoms with Crippen LogP contribution in [-0.2, 0) is 16.2 Å². The van der Waals surface area contributed by atoms with E-state index in [4.69, 9.17) is 14.2 Å². The summed E-state index contributed by atoms with van der Waals surface area (Å²) < 4.78 is 18.4. The van der Waals surface area contributed by atoms with Crippen LogP contribution >= 0.6 is 31.9 Å². The summed E-state index contributed by atoms with van der Waals surface area (Å²) in [5.74, 6) is -0.260. The molecule has 1 aliphatic heterocycles. The highest BCUT2D eigenvalue weighted by atomic mass is 79.9. The number of amides is 4. The molecule has 8 nitrogen and oxygen atoms in total. The van der Waals surface area contributed by atoms with Crippen molar-refractivity contribution in [3.63, 3.8) is 0 Å². The molecular formula is C28H24Br2N2O6. The van der Waals surface area contributed by atoms with Crippen LogP contribution in [0.3, 0.4) is 0 Å². The van der Waals surface area contributed by atoms with E-state index >= 15 is 0 Å². The molecule has 38 heavy (non-hydrogen) atoms. The average Bonchev–Trinajstić information content (AvgIpc) is 2.88. The fourth-order valence-electron chi connectivity index (χ4n) is 3.78. The summed E-state index contributed by atoms with van der Waals surface area (Å²) in [6.07, 6.45) is 1.42. The predicted octanol–water partition coefficient (Wildman–Crippen LogP) is 6.25. The number of carbonyl (C=O) groups is 3. The molecule has 1 fully saturated rings. The van der Waals surface area contributed by atoms with Crippen molar-refractivity contribution >= 4 is 61.5 Å². The molecule has 0 saturated carbocycles. The Morgan fingerprint density at radius 3 is 2.21 bits per heavy atom. The monoisotopic (exact) mass is 642 g/mol. The lowest BCUT2D eigenvalue weighted by atomic mass is 10.1. The minimum absolute atomic E-state index is 0.172. The summed E-state index contributed by atoms with van der Waals surface area (Å²) in [4.78, 5) is 39.9. The molecule has 1 N–H and O–H groups in total. The Morgan fingerprint density at radius 1 is 0.868 bits per heavy atom. The Hall–Kier alpha value is -3.63. The van der Waals surface area contributed by atoms with E-state index in [0.29, 0.717) is 51.6 Å². The highest BCUT2D eigenvalue weighted by Crippen LogP contribution is 2.37. The topological polar surface area (TPSA) is 94.2 Å². The Bertz CT molecular complexity index is 1380. The van der Waals surface area contributed by atoms with Gasteiger partial charge in [-0.25, -0.2) is 9.69 Å². The Morgan fingerprint density at radius 2 is 1.55 bits per heavy atom. The van der Waals surface area contributed by atoms with Gasteiger partial charge in [-0.3, -0.25) is 14.9 Å². The van der Waals surface area contributed by atoms with Gasteiger partial charge >= 0.3 is 6.03 Å². The van der Waals surface area contributed by atoms with Crippen molar-refractivity contribution in [2.45, 2.75) is 20.5 Å². The number of nitrogens with zero attached hydrogens (tertiary/aromatic N) is 1. The van der Waals surface area contributed by atoms with Crippen molar-refractivity contribution in [2.75, 3.05) is 18.1 Å². The zero-order valence-electron chi connectivity index (χ0n) is 20.6. The van der Waals surface area contributed by atoms with E-state index in [9.17, 15) is 14.4 Å². The molecule has 0 spiro atoms. The van der Waals surface area contributed by atoms with E-state index in [0.717, 1.165) is 10.5 Å². The molecule has 3 aromatic carbocycles. The highest BCUT2D eigenvalue weighted by molar-refractivity contribution is 9.11. The lowest BCUT2D eigenvalue weighted by Crippen LogP contribution is -2.54. The second-order valence-electron chi connectivity index (χ2n) is 8.04. The van der Waals surface area contributed by atoms with E-state index in [1.165, 1.54) is 12.1 Å². The van der Waals surface area contributed by atoms with E-state index in [1.54, 1.807) is 31.2 Å². The van der Waals surface area contributed by atoms with Crippen molar-refractivity contribution in [1.29, 1.82) is 0 Å². The van der Waals surface area contributed by atoms with Crippen LogP contribution in [0.1, 0.15) is 25.0 Å². The average molecular weight is 644 g/mol. The van der Waals surface area contributed by atoms with Gasteiger partial charge in [0.25, 0.3) is 11.8 Å². The Balaban J connectivity index is 1.66. The van der Waals surface area contributed by atoms with Crippen molar-refractivity contribution < 1.29 is 28.6 Å². The van der Waals surface area contributed by atoms with Crippen LogP contribution in [0.5, 0.6) is 17.2 Å². The molecule has 0 atom stereocenters. The van der Waals surface area contributed by atoms with Crippen LogP contribution in [0.25, 0.3) is 6.08 Å². The number of urea groups is 1. The number of barbiturate groups is 1. The first kappa shape index (κ1) is 27.4. The largest absolute Gasteiger partial charge is 0.494 e. The number of halogens is 2. The second kappa shape index (κ2) is 12.3. The summed E-state index contributed by atoms with van der Waals surface area (Å²) in [6, 6.07) is 17.1. The molecule has 0 unspecified atom stereocenters. The summed E-state index contributed by atoms with van der Waals surface area (Å²) in [5.41, 5.74) is 1.50. The summed E-state index contributed by atoms with van der Waals surface area (Å²) >= 11 is 7.02. The normalized spacial score (nSPS) is 14.5. The zero-order chi connectivity index (χ0) is 27.2. The molecule has 1 aliphatic rings. The summed E-state index contributed by atoms with van der Waals surface area (Å²) in [7, 11) is 0. The van der Waals surface area contributed by atoms with E-state index in [2.05, 4.69) is 37.2 Å². The molecule has 4 amide bonds. The fraction of sp³-hybridized carbons (Fsp3) is 0.179. The smallest absolute Gasteiger partial charge is 0.336 e. The molecule has 4 rings (SSSR count). The minimum atomic E-state index is -0.876. The molecule has 0 aliphatic carbocycles. The fourth-order valence-corrected chi connectivity index (χ4v) is 5.23. The molecule has 10 heteroatoms. The summed E-state index contributed by atoms with van der Waals surface area (Å²) in [6.45, 7) is 4.68. The maximum Gasteiger partial charge on any atom is 0.336 e. The number of ether oxygens (including phenoxy) is 3. The van der Waals surface area contributed by atoms with E-state index in [1.807, 2.05) is 37.3 Å². The van der Waals surface area contributed by atoms with Crippen LogP contribution in [0, 0.1) is 0 Å². The zero-order valence-corrected chi connectivity index (χ0v) is 23.8. The lowest BCUT2D eigenvalue weighted by Gasteiger charge is -2.28. The standard InChI is InChI=1S/C28H24Br2N2O6/c1-3-36-19-10-11-24(37-4-2)23(15-19)32-27(34)20(26(33)31-28(32)35)12-18-13-21(29)25(22(30)14-18)38-16-17-8-6-5-7-9-17/h5-15H,3-4,16H2,1-2H3,(H,31,33,35)/b20-12+. The van der Waals surface area contributed by atoms with E-state index in [-0.39, 0.29) is 11.3 Å². The molecule has 196 valence electrons. The van der Waals surface area contributed by atoms with Gasteiger partial charge in [0.15, 0.2) is 0 Å². The first-order chi connectivity index (χ1) is 18.3.